The molecule has 0 spiro atoms. The summed E-state index contributed by atoms with van der Waals surface area (Å²) in [5, 5.41) is 9.94. The summed E-state index contributed by atoms with van der Waals surface area (Å²) in [4.78, 5) is 5.31. The lowest BCUT2D eigenvalue weighted by Gasteiger charge is -2.07. The molecule has 1 aromatic carbocycles. The van der Waals surface area contributed by atoms with Crippen LogP contribution in [0.3, 0.4) is 0 Å². The second kappa shape index (κ2) is 6.10. The van der Waals surface area contributed by atoms with E-state index in [1.807, 2.05) is 44.2 Å². The van der Waals surface area contributed by atoms with Gasteiger partial charge in [-0.2, -0.15) is 5.26 Å². The molecule has 4 heteroatoms. The van der Waals surface area contributed by atoms with Gasteiger partial charge < -0.3 is 0 Å². The van der Waals surface area contributed by atoms with Crippen molar-refractivity contribution in [2.45, 2.75) is 24.5 Å². The van der Waals surface area contributed by atoms with E-state index in [0.717, 1.165) is 27.1 Å². The van der Waals surface area contributed by atoms with Gasteiger partial charge in [0, 0.05) is 21.4 Å². The van der Waals surface area contributed by atoms with Gasteiger partial charge in [0.15, 0.2) is 0 Å². The number of benzene rings is 1. The SMILES string of the molecule is Cc1cc(SCc2ccc(Cl)cc2)c(C#N)c(C)n1. The third-order valence-electron chi connectivity index (χ3n) is 2.71. The first-order valence-corrected chi connectivity index (χ1v) is 7.22. The van der Waals surface area contributed by atoms with Crippen LogP contribution in [0.4, 0.5) is 0 Å². The molecule has 0 fully saturated rings. The Kier molecular flexibility index (Phi) is 4.47. The van der Waals surface area contributed by atoms with Crippen LogP contribution in [0, 0.1) is 25.2 Å². The van der Waals surface area contributed by atoms with Gasteiger partial charge in [-0.15, -0.1) is 11.8 Å². The fourth-order valence-electron chi connectivity index (χ4n) is 1.78. The van der Waals surface area contributed by atoms with E-state index < -0.39 is 0 Å². The Labute approximate surface area is 122 Å². The van der Waals surface area contributed by atoms with Crippen molar-refractivity contribution in [3.05, 3.63) is 57.9 Å². The molecule has 0 saturated heterocycles. The van der Waals surface area contributed by atoms with E-state index in [9.17, 15) is 5.26 Å². The zero-order chi connectivity index (χ0) is 13.8. The monoisotopic (exact) mass is 288 g/mol. The van der Waals surface area contributed by atoms with Crippen LogP contribution in [-0.4, -0.2) is 4.98 Å². The van der Waals surface area contributed by atoms with Gasteiger partial charge in [-0.05, 0) is 37.6 Å². The maximum absolute atomic E-state index is 9.20. The van der Waals surface area contributed by atoms with Crippen LogP contribution >= 0.6 is 23.4 Å². The van der Waals surface area contributed by atoms with Crippen molar-refractivity contribution in [3.8, 4) is 6.07 Å². The van der Waals surface area contributed by atoms with Crippen LogP contribution in [0.5, 0.6) is 0 Å². The van der Waals surface area contributed by atoms with Crippen molar-refractivity contribution in [1.29, 1.82) is 5.26 Å². The number of aryl methyl sites for hydroxylation is 2. The smallest absolute Gasteiger partial charge is 0.102 e. The number of aromatic nitrogens is 1. The first-order valence-electron chi connectivity index (χ1n) is 5.85. The van der Waals surface area contributed by atoms with Gasteiger partial charge in [-0.1, -0.05) is 23.7 Å². The normalized spacial score (nSPS) is 10.2. The summed E-state index contributed by atoms with van der Waals surface area (Å²) < 4.78 is 0. The molecule has 1 heterocycles. The number of hydrogen-bond donors (Lipinski definition) is 0. The molecule has 2 nitrogen and oxygen atoms in total. The summed E-state index contributed by atoms with van der Waals surface area (Å²) in [5.41, 5.74) is 3.59. The van der Waals surface area contributed by atoms with Gasteiger partial charge in [0.25, 0.3) is 0 Å². The minimum atomic E-state index is 0.671. The van der Waals surface area contributed by atoms with Crippen LogP contribution in [0.25, 0.3) is 0 Å². The minimum absolute atomic E-state index is 0.671. The number of nitrogens with zero attached hydrogens (tertiary/aromatic N) is 2. The highest BCUT2D eigenvalue weighted by atomic mass is 35.5. The van der Waals surface area contributed by atoms with Gasteiger partial charge in [0.1, 0.15) is 6.07 Å². The quantitative estimate of drug-likeness (QED) is 0.779. The van der Waals surface area contributed by atoms with Crippen molar-refractivity contribution in [2.24, 2.45) is 0 Å². The third kappa shape index (κ3) is 3.50. The van der Waals surface area contributed by atoms with Crippen molar-refractivity contribution < 1.29 is 0 Å². The lowest BCUT2D eigenvalue weighted by atomic mass is 10.2. The number of rotatable bonds is 3. The number of pyridine rings is 1. The van der Waals surface area contributed by atoms with Crippen LogP contribution in [0.2, 0.25) is 5.02 Å². The predicted octanol–water partition coefficient (Wildman–Crippen LogP) is 4.52. The van der Waals surface area contributed by atoms with E-state index in [0.29, 0.717) is 5.56 Å². The summed E-state index contributed by atoms with van der Waals surface area (Å²) in [5.74, 6) is 0.814. The Balaban J connectivity index is 2.20. The summed E-state index contributed by atoms with van der Waals surface area (Å²) in [7, 11) is 0. The van der Waals surface area contributed by atoms with E-state index in [1.54, 1.807) is 11.8 Å². The molecule has 2 aromatic rings. The fraction of sp³-hybridized carbons (Fsp3) is 0.200. The summed E-state index contributed by atoms with van der Waals surface area (Å²) in [6.45, 7) is 3.82. The van der Waals surface area contributed by atoms with Gasteiger partial charge in [0.05, 0.1) is 11.3 Å². The molecule has 0 radical (unpaired) electrons. The zero-order valence-electron chi connectivity index (χ0n) is 10.8. The molecule has 0 unspecified atom stereocenters. The van der Waals surface area contributed by atoms with Crippen LogP contribution in [0.15, 0.2) is 35.2 Å². The molecule has 0 aliphatic carbocycles. The Morgan fingerprint density at radius 3 is 2.58 bits per heavy atom. The molecule has 0 amide bonds. The molecule has 0 saturated carbocycles. The van der Waals surface area contributed by atoms with E-state index in [1.165, 1.54) is 5.56 Å². The van der Waals surface area contributed by atoms with E-state index >= 15 is 0 Å². The summed E-state index contributed by atoms with van der Waals surface area (Å²) in [6.07, 6.45) is 0. The van der Waals surface area contributed by atoms with Gasteiger partial charge in [-0.25, -0.2) is 0 Å². The average Bonchev–Trinajstić information content (AvgIpc) is 2.37. The summed E-state index contributed by atoms with van der Waals surface area (Å²) >= 11 is 7.51. The lowest BCUT2D eigenvalue weighted by Crippen LogP contribution is -1.94. The third-order valence-corrected chi connectivity index (χ3v) is 4.07. The largest absolute Gasteiger partial charge is 0.257 e. The van der Waals surface area contributed by atoms with E-state index in [-0.39, 0.29) is 0 Å². The second-order valence-corrected chi connectivity index (χ2v) is 5.70. The molecule has 0 aliphatic rings. The first kappa shape index (κ1) is 13.9. The molecular formula is C15H13ClN2S. The highest BCUT2D eigenvalue weighted by molar-refractivity contribution is 7.98. The Bertz CT molecular complexity index is 630. The molecule has 0 N–H and O–H groups in total. The van der Waals surface area contributed by atoms with E-state index in [4.69, 9.17) is 11.6 Å². The lowest BCUT2D eigenvalue weighted by molar-refractivity contribution is 1.07. The number of hydrogen-bond acceptors (Lipinski definition) is 3. The van der Waals surface area contributed by atoms with Gasteiger partial charge in [0.2, 0.25) is 0 Å². The Hall–Kier alpha value is -1.50. The zero-order valence-corrected chi connectivity index (χ0v) is 12.3. The molecule has 96 valence electrons. The van der Waals surface area contributed by atoms with Gasteiger partial charge in [-0.3, -0.25) is 4.98 Å². The molecule has 19 heavy (non-hydrogen) atoms. The standard InChI is InChI=1S/C15H13ClN2S/c1-10-7-15(14(8-17)11(2)18-10)19-9-12-3-5-13(16)6-4-12/h3-7H,9H2,1-2H3. The highest BCUT2D eigenvalue weighted by Crippen LogP contribution is 2.28. The van der Waals surface area contributed by atoms with Gasteiger partial charge >= 0.3 is 0 Å². The van der Waals surface area contributed by atoms with Crippen molar-refractivity contribution in [2.75, 3.05) is 0 Å². The minimum Gasteiger partial charge on any atom is -0.257 e. The molecule has 2 rings (SSSR count). The van der Waals surface area contributed by atoms with Crippen LogP contribution < -0.4 is 0 Å². The molecule has 0 bridgehead atoms. The van der Waals surface area contributed by atoms with Crippen molar-refractivity contribution in [3.63, 3.8) is 0 Å². The van der Waals surface area contributed by atoms with Crippen molar-refractivity contribution >= 4 is 23.4 Å². The molecular weight excluding hydrogens is 276 g/mol. The van der Waals surface area contributed by atoms with Crippen molar-refractivity contribution in [1.82, 2.24) is 4.98 Å². The topological polar surface area (TPSA) is 36.7 Å². The maximum atomic E-state index is 9.20. The van der Waals surface area contributed by atoms with Crippen LogP contribution in [-0.2, 0) is 5.75 Å². The maximum Gasteiger partial charge on any atom is 0.102 e. The first-order chi connectivity index (χ1) is 9.10. The Morgan fingerprint density at radius 1 is 1.26 bits per heavy atom. The van der Waals surface area contributed by atoms with Crippen LogP contribution in [0.1, 0.15) is 22.5 Å². The molecule has 0 atom stereocenters. The number of thioether (sulfide) groups is 1. The molecule has 0 aliphatic heterocycles. The predicted molar refractivity (Wildman–Crippen MR) is 79.4 cm³/mol. The summed E-state index contributed by atoms with van der Waals surface area (Å²) in [6, 6.07) is 12.0. The molecule has 1 aromatic heterocycles. The Morgan fingerprint density at radius 2 is 1.95 bits per heavy atom. The number of nitriles is 1. The van der Waals surface area contributed by atoms with E-state index in [2.05, 4.69) is 11.1 Å². The fourth-order valence-corrected chi connectivity index (χ4v) is 3.02. The average molecular weight is 289 g/mol. The highest BCUT2D eigenvalue weighted by Gasteiger charge is 2.08. The number of halogens is 1. The second-order valence-electron chi connectivity index (χ2n) is 4.25.